The Labute approximate surface area is 125 Å². The maximum Gasteiger partial charge on any atom is 0.312 e. The van der Waals surface area contributed by atoms with Gasteiger partial charge in [-0.1, -0.05) is 36.8 Å². The molecule has 4 heteroatoms. The first kappa shape index (κ1) is 17.0. The van der Waals surface area contributed by atoms with E-state index in [4.69, 9.17) is 9.84 Å². The molecule has 0 saturated carbocycles. The summed E-state index contributed by atoms with van der Waals surface area (Å²) in [6.45, 7) is 5.79. The zero-order valence-corrected chi connectivity index (χ0v) is 12.8. The molecular weight excluding hydrogens is 268 g/mol. The van der Waals surface area contributed by atoms with Crippen LogP contribution >= 0.6 is 0 Å². The molecule has 0 heterocycles. The van der Waals surface area contributed by atoms with Crippen LogP contribution in [0.4, 0.5) is 0 Å². The minimum Gasteiger partial charge on any atom is -0.481 e. The van der Waals surface area contributed by atoms with Crippen molar-refractivity contribution in [1.29, 1.82) is 0 Å². The van der Waals surface area contributed by atoms with Crippen molar-refractivity contribution in [2.45, 2.75) is 40.0 Å². The van der Waals surface area contributed by atoms with Crippen molar-refractivity contribution >= 4 is 11.9 Å². The molecule has 1 atom stereocenters. The molecule has 0 aromatic heterocycles. The minimum absolute atomic E-state index is 0.128. The molecule has 0 amide bonds. The summed E-state index contributed by atoms with van der Waals surface area (Å²) in [6, 6.07) is 5.50. The van der Waals surface area contributed by atoms with Crippen molar-refractivity contribution < 1.29 is 19.4 Å². The summed E-state index contributed by atoms with van der Waals surface area (Å²) in [5, 5.41) is 9.14. The molecule has 1 aromatic rings. The molecule has 4 nitrogen and oxygen atoms in total. The van der Waals surface area contributed by atoms with Crippen LogP contribution in [0.5, 0.6) is 5.75 Å². The predicted molar refractivity (Wildman–Crippen MR) is 81.3 cm³/mol. The predicted octanol–water partition coefficient (Wildman–Crippen LogP) is 3.66. The van der Waals surface area contributed by atoms with Crippen molar-refractivity contribution in [3.05, 3.63) is 41.5 Å². The van der Waals surface area contributed by atoms with Crippen LogP contribution in [0.1, 0.15) is 37.3 Å². The maximum absolute atomic E-state index is 11.9. The second-order valence-electron chi connectivity index (χ2n) is 5.10. The normalized spacial score (nSPS) is 12.3. The summed E-state index contributed by atoms with van der Waals surface area (Å²) in [7, 11) is 0. The van der Waals surface area contributed by atoms with Crippen molar-refractivity contribution in [3.63, 3.8) is 0 Å². The monoisotopic (exact) mass is 290 g/mol. The SMILES string of the molecule is CC/C=C/CC(CC(=O)Oc1ccc(C)cc1C)C(=O)O. The third-order valence-electron chi connectivity index (χ3n) is 3.14. The molecule has 0 aliphatic heterocycles. The van der Waals surface area contributed by atoms with Crippen LogP contribution in [-0.2, 0) is 9.59 Å². The third-order valence-corrected chi connectivity index (χ3v) is 3.14. The summed E-state index contributed by atoms with van der Waals surface area (Å²) in [5.74, 6) is -1.75. The van der Waals surface area contributed by atoms with E-state index in [-0.39, 0.29) is 6.42 Å². The molecule has 0 fully saturated rings. The van der Waals surface area contributed by atoms with E-state index >= 15 is 0 Å². The molecule has 0 bridgehead atoms. The van der Waals surface area contributed by atoms with Gasteiger partial charge in [0.25, 0.3) is 0 Å². The maximum atomic E-state index is 11.9. The van der Waals surface area contributed by atoms with Crippen LogP contribution in [0.15, 0.2) is 30.4 Å². The minimum atomic E-state index is -0.978. The van der Waals surface area contributed by atoms with E-state index in [2.05, 4.69) is 0 Å². The Morgan fingerprint density at radius 3 is 2.57 bits per heavy atom. The van der Waals surface area contributed by atoms with Gasteiger partial charge in [0, 0.05) is 0 Å². The average molecular weight is 290 g/mol. The smallest absolute Gasteiger partial charge is 0.312 e. The zero-order valence-electron chi connectivity index (χ0n) is 12.8. The highest BCUT2D eigenvalue weighted by molar-refractivity contribution is 5.80. The molecule has 1 rings (SSSR count). The van der Waals surface area contributed by atoms with Crippen molar-refractivity contribution in [2.24, 2.45) is 5.92 Å². The van der Waals surface area contributed by atoms with E-state index in [0.29, 0.717) is 12.2 Å². The van der Waals surface area contributed by atoms with Crippen LogP contribution < -0.4 is 4.74 Å². The van der Waals surface area contributed by atoms with Crippen LogP contribution in [0.3, 0.4) is 0 Å². The summed E-state index contributed by atoms with van der Waals surface area (Å²) in [5.41, 5.74) is 1.95. The van der Waals surface area contributed by atoms with E-state index in [0.717, 1.165) is 17.5 Å². The Kier molecular flexibility index (Phi) is 6.66. The molecule has 0 spiro atoms. The molecule has 1 aromatic carbocycles. The molecule has 1 unspecified atom stereocenters. The molecule has 0 radical (unpaired) electrons. The van der Waals surface area contributed by atoms with Gasteiger partial charge in [0.2, 0.25) is 0 Å². The van der Waals surface area contributed by atoms with Gasteiger partial charge in [0.15, 0.2) is 0 Å². The number of carbonyl (C=O) groups excluding carboxylic acids is 1. The molecule has 0 saturated heterocycles. The van der Waals surface area contributed by atoms with Gasteiger partial charge in [-0.15, -0.1) is 0 Å². The number of hydrogen-bond acceptors (Lipinski definition) is 3. The average Bonchev–Trinajstić information content (AvgIpc) is 2.41. The summed E-state index contributed by atoms with van der Waals surface area (Å²) >= 11 is 0. The van der Waals surface area contributed by atoms with Crippen LogP contribution in [0.25, 0.3) is 0 Å². The number of hydrogen-bond donors (Lipinski definition) is 1. The fourth-order valence-electron chi connectivity index (χ4n) is 1.98. The highest BCUT2D eigenvalue weighted by Crippen LogP contribution is 2.20. The molecule has 1 N–H and O–H groups in total. The summed E-state index contributed by atoms with van der Waals surface area (Å²) in [4.78, 5) is 23.0. The fraction of sp³-hybridized carbons (Fsp3) is 0.412. The van der Waals surface area contributed by atoms with Crippen LogP contribution in [0.2, 0.25) is 0 Å². The lowest BCUT2D eigenvalue weighted by atomic mass is 10.0. The number of esters is 1. The number of aryl methyl sites for hydroxylation is 2. The lowest BCUT2D eigenvalue weighted by Gasteiger charge is -2.11. The van der Waals surface area contributed by atoms with E-state index in [1.165, 1.54) is 0 Å². The van der Waals surface area contributed by atoms with Gasteiger partial charge in [0.05, 0.1) is 12.3 Å². The van der Waals surface area contributed by atoms with E-state index in [9.17, 15) is 9.59 Å². The largest absolute Gasteiger partial charge is 0.481 e. The topological polar surface area (TPSA) is 63.6 Å². The quantitative estimate of drug-likeness (QED) is 0.473. The Bertz CT molecular complexity index is 532. The second kappa shape index (κ2) is 8.25. The Morgan fingerprint density at radius 2 is 2.00 bits per heavy atom. The van der Waals surface area contributed by atoms with Gasteiger partial charge in [-0.3, -0.25) is 9.59 Å². The number of carboxylic acid groups (broad SMARTS) is 1. The van der Waals surface area contributed by atoms with Crippen LogP contribution in [-0.4, -0.2) is 17.0 Å². The first-order valence-corrected chi connectivity index (χ1v) is 7.09. The van der Waals surface area contributed by atoms with Gasteiger partial charge in [0.1, 0.15) is 5.75 Å². The molecule has 0 aliphatic carbocycles. The van der Waals surface area contributed by atoms with Gasteiger partial charge in [-0.2, -0.15) is 0 Å². The number of ether oxygens (including phenoxy) is 1. The Hall–Kier alpha value is -2.10. The number of rotatable bonds is 7. The summed E-state index contributed by atoms with van der Waals surface area (Å²) < 4.78 is 5.26. The summed E-state index contributed by atoms with van der Waals surface area (Å²) in [6.07, 6.45) is 4.75. The van der Waals surface area contributed by atoms with E-state index in [1.54, 1.807) is 12.1 Å². The lowest BCUT2D eigenvalue weighted by Crippen LogP contribution is -2.20. The molecule has 21 heavy (non-hydrogen) atoms. The number of carbonyl (C=O) groups is 2. The van der Waals surface area contributed by atoms with Crippen LogP contribution in [0, 0.1) is 19.8 Å². The van der Waals surface area contributed by atoms with Gasteiger partial charge >= 0.3 is 11.9 Å². The highest BCUT2D eigenvalue weighted by atomic mass is 16.5. The molecule has 114 valence electrons. The first-order chi connectivity index (χ1) is 9.93. The first-order valence-electron chi connectivity index (χ1n) is 7.09. The van der Waals surface area contributed by atoms with Gasteiger partial charge in [-0.05, 0) is 38.3 Å². The standard InChI is InChI=1S/C17H22O4/c1-4-5-6-7-14(17(19)20)11-16(18)21-15-9-8-12(2)10-13(15)3/h5-6,8-10,14H,4,7,11H2,1-3H3,(H,19,20)/b6-5+. The fourth-order valence-corrected chi connectivity index (χ4v) is 1.98. The molecule has 0 aliphatic rings. The van der Waals surface area contributed by atoms with E-state index in [1.807, 2.05) is 39.0 Å². The van der Waals surface area contributed by atoms with Gasteiger partial charge < -0.3 is 9.84 Å². The van der Waals surface area contributed by atoms with E-state index < -0.39 is 17.9 Å². The molecular formula is C17H22O4. The number of aliphatic carboxylic acids is 1. The Balaban J connectivity index is 2.65. The van der Waals surface area contributed by atoms with Crippen molar-refractivity contribution in [2.75, 3.05) is 0 Å². The lowest BCUT2D eigenvalue weighted by molar-refractivity contribution is -0.147. The second-order valence-corrected chi connectivity index (χ2v) is 5.10. The zero-order chi connectivity index (χ0) is 15.8. The number of allylic oxidation sites excluding steroid dienone is 2. The van der Waals surface area contributed by atoms with Crippen molar-refractivity contribution in [1.82, 2.24) is 0 Å². The van der Waals surface area contributed by atoms with Gasteiger partial charge in [-0.25, -0.2) is 0 Å². The van der Waals surface area contributed by atoms with Crippen molar-refractivity contribution in [3.8, 4) is 5.75 Å². The number of carboxylic acids is 1. The number of benzene rings is 1. The third kappa shape index (κ3) is 5.81. The highest BCUT2D eigenvalue weighted by Gasteiger charge is 2.21. The Morgan fingerprint density at radius 1 is 1.29 bits per heavy atom.